The van der Waals surface area contributed by atoms with E-state index in [4.69, 9.17) is 4.74 Å². The molecule has 0 fully saturated rings. The molecule has 2 N–H and O–H groups in total. The number of aliphatic imine (C=N–C) groups is 1. The highest BCUT2D eigenvalue weighted by atomic mass is 16.5. The minimum absolute atomic E-state index is 0.103. The minimum atomic E-state index is 0.103. The van der Waals surface area contributed by atoms with E-state index in [-0.39, 0.29) is 5.75 Å². The van der Waals surface area contributed by atoms with E-state index in [0.717, 1.165) is 17.1 Å². The molecule has 0 saturated heterocycles. The molecule has 4 nitrogen and oxygen atoms in total. The Hall–Kier alpha value is -3.27. The van der Waals surface area contributed by atoms with Gasteiger partial charge < -0.3 is 15.2 Å². The first-order valence-corrected chi connectivity index (χ1v) is 8.17. The van der Waals surface area contributed by atoms with E-state index in [1.54, 1.807) is 18.3 Å². The van der Waals surface area contributed by atoms with Crippen LogP contribution in [0.2, 0.25) is 0 Å². The van der Waals surface area contributed by atoms with E-state index in [9.17, 15) is 5.11 Å². The number of rotatable bonds is 6. The molecule has 25 heavy (non-hydrogen) atoms. The zero-order chi connectivity index (χ0) is 17.5. The Bertz CT molecular complexity index is 861. The minimum Gasteiger partial charge on any atom is -0.504 e. The number of anilines is 2. The maximum atomic E-state index is 10.2. The molecule has 0 heterocycles. The molecule has 0 unspecified atom stereocenters. The van der Waals surface area contributed by atoms with Gasteiger partial charge in [-0.05, 0) is 49.4 Å². The average Bonchev–Trinajstić information content (AvgIpc) is 2.64. The summed E-state index contributed by atoms with van der Waals surface area (Å²) >= 11 is 0. The number of phenols is 1. The van der Waals surface area contributed by atoms with Crippen LogP contribution in [0, 0.1) is 0 Å². The van der Waals surface area contributed by atoms with Crippen molar-refractivity contribution in [2.75, 3.05) is 11.9 Å². The zero-order valence-corrected chi connectivity index (χ0v) is 14.0. The number of hydrogen-bond donors (Lipinski definition) is 2. The predicted molar refractivity (Wildman–Crippen MR) is 103 cm³/mol. The van der Waals surface area contributed by atoms with E-state index in [1.807, 2.05) is 67.6 Å². The van der Waals surface area contributed by atoms with Crippen LogP contribution in [0.5, 0.6) is 11.5 Å². The maximum Gasteiger partial charge on any atom is 0.166 e. The lowest BCUT2D eigenvalue weighted by molar-refractivity contribution is 0.318. The van der Waals surface area contributed by atoms with Gasteiger partial charge >= 0.3 is 0 Å². The highest BCUT2D eigenvalue weighted by Gasteiger charge is 2.05. The topological polar surface area (TPSA) is 53.8 Å². The molecular weight excluding hydrogens is 312 g/mol. The van der Waals surface area contributed by atoms with Crippen LogP contribution in [0.4, 0.5) is 17.1 Å². The molecule has 0 saturated carbocycles. The molecule has 0 bridgehead atoms. The molecule has 0 spiro atoms. The second kappa shape index (κ2) is 8.02. The van der Waals surface area contributed by atoms with Crippen molar-refractivity contribution in [2.24, 2.45) is 4.99 Å². The Labute approximate surface area is 147 Å². The first-order chi connectivity index (χ1) is 12.3. The van der Waals surface area contributed by atoms with Crippen LogP contribution in [-0.2, 0) is 0 Å². The van der Waals surface area contributed by atoms with Crippen molar-refractivity contribution in [3.63, 3.8) is 0 Å². The lowest BCUT2D eigenvalue weighted by Crippen LogP contribution is -1.93. The Morgan fingerprint density at radius 3 is 2.52 bits per heavy atom. The number of para-hydroxylation sites is 2. The number of phenolic OH excluding ortho intramolecular Hbond substituents is 1. The van der Waals surface area contributed by atoms with Crippen molar-refractivity contribution in [1.29, 1.82) is 0 Å². The summed E-state index contributed by atoms with van der Waals surface area (Å²) in [4.78, 5) is 4.46. The fraction of sp³-hybridized carbons (Fsp3) is 0.0952. The van der Waals surface area contributed by atoms with Gasteiger partial charge in [-0.2, -0.15) is 0 Å². The number of hydrogen-bond acceptors (Lipinski definition) is 4. The van der Waals surface area contributed by atoms with Crippen molar-refractivity contribution in [1.82, 2.24) is 0 Å². The fourth-order valence-electron chi connectivity index (χ4n) is 2.41. The molecular formula is C21H20N2O2. The van der Waals surface area contributed by atoms with Gasteiger partial charge in [0.05, 0.1) is 12.3 Å². The monoisotopic (exact) mass is 332 g/mol. The summed E-state index contributed by atoms with van der Waals surface area (Å²) in [6.45, 7) is 2.38. The quantitative estimate of drug-likeness (QED) is 0.603. The largest absolute Gasteiger partial charge is 0.504 e. The van der Waals surface area contributed by atoms with Crippen LogP contribution in [0.15, 0.2) is 77.8 Å². The van der Waals surface area contributed by atoms with Gasteiger partial charge in [-0.25, -0.2) is 0 Å². The van der Waals surface area contributed by atoms with Gasteiger partial charge in [-0.3, -0.25) is 4.99 Å². The number of nitrogens with zero attached hydrogens (tertiary/aromatic N) is 1. The van der Waals surface area contributed by atoms with Gasteiger partial charge in [0.1, 0.15) is 0 Å². The first-order valence-electron chi connectivity index (χ1n) is 8.17. The Morgan fingerprint density at radius 2 is 1.72 bits per heavy atom. The van der Waals surface area contributed by atoms with Crippen LogP contribution >= 0.6 is 0 Å². The Balaban J connectivity index is 1.78. The second-order valence-corrected chi connectivity index (χ2v) is 5.43. The lowest BCUT2D eigenvalue weighted by atomic mass is 10.2. The van der Waals surface area contributed by atoms with E-state index < -0.39 is 0 Å². The first kappa shape index (κ1) is 16.6. The van der Waals surface area contributed by atoms with Crippen LogP contribution in [-0.4, -0.2) is 17.9 Å². The molecule has 0 aliphatic heterocycles. The molecule has 0 aliphatic carbocycles. The van der Waals surface area contributed by atoms with Crippen molar-refractivity contribution in [3.8, 4) is 11.5 Å². The third kappa shape index (κ3) is 4.38. The van der Waals surface area contributed by atoms with Gasteiger partial charge in [-0.15, -0.1) is 0 Å². The number of benzene rings is 3. The molecule has 126 valence electrons. The van der Waals surface area contributed by atoms with Gasteiger partial charge in [-0.1, -0.05) is 30.3 Å². The smallest absolute Gasteiger partial charge is 0.166 e. The van der Waals surface area contributed by atoms with Gasteiger partial charge in [0.2, 0.25) is 0 Å². The summed E-state index contributed by atoms with van der Waals surface area (Å²) in [6.07, 6.45) is 1.64. The third-order valence-corrected chi connectivity index (χ3v) is 3.59. The molecule has 0 aliphatic rings. The Kier molecular flexibility index (Phi) is 5.32. The molecule has 0 aromatic heterocycles. The Morgan fingerprint density at radius 1 is 0.960 bits per heavy atom. The molecule has 3 aromatic rings. The van der Waals surface area contributed by atoms with Crippen molar-refractivity contribution < 1.29 is 9.84 Å². The third-order valence-electron chi connectivity index (χ3n) is 3.59. The standard InChI is InChI=1S/C21H20N2O2/c1-2-25-20-13-6-8-16(21(20)24)15-22-18-11-7-12-19(14-18)23-17-9-4-3-5-10-17/h3-15,23-24H,2H2,1H3. The summed E-state index contributed by atoms with van der Waals surface area (Å²) in [5.74, 6) is 0.567. The van der Waals surface area contributed by atoms with Crippen LogP contribution in [0.1, 0.15) is 12.5 Å². The van der Waals surface area contributed by atoms with Crippen LogP contribution in [0.3, 0.4) is 0 Å². The molecule has 0 radical (unpaired) electrons. The molecule has 3 aromatic carbocycles. The number of aromatic hydroxyl groups is 1. The SMILES string of the molecule is CCOc1cccc(C=Nc2cccc(Nc3ccccc3)c2)c1O. The van der Waals surface area contributed by atoms with E-state index in [0.29, 0.717) is 17.9 Å². The fourth-order valence-corrected chi connectivity index (χ4v) is 2.41. The highest BCUT2D eigenvalue weighted by Crippen LogP contribution is 2.29. The highest BCUT2D eigenvalue weighted by molar-refractivity contribution is 5.86. The lowest BCUT2D eigenvalue weighted by Gasteiger charge is -2.08. The van der Waals surface area contributed by atoms with Gasteiger partial charge in [0, 0.05) is 23.2 Å². The van der Waals surface area contributed by atoms with E-state index in [2.05, 4.69) is 10.3 Å². The summed E-state index contributed by atoms with van der Waals surface area (Å²) in [7, 11) is 0. The number of nitrogens with one attached hydrogen (secondary N) is 1. The van der Waals surface area contributed by atoms with Crippen molar-refractivity contribution >= 4 is 23.3 Å². The van der Waals surface area contributed by atoms with Gasteiger partial charge in [0.15, 0.2) is 11.5 Å². The number of ether oxygens (including phenoxy) is 1. The zero-order valence-electron chi connectivity index (χ0n) is 14.0. The van der Waals surface area contributed by atoms with Crippen LogP contribution in [0.25, 0.3) is 0 Å². The average molecular weight is 332 g/mol. The molecule has 3 rings (SSSR count). The summed E-state index contributed by atoms with van der Waals surface area (Å²) in [6, 6.07) is 23.1. The summed E-state index contributed by atoms with van der Waals surface area (Å²) < 4.78 is 5.39. The normalized spacial score (nSPS) is 10.8. The summed E-state index contributed by atoms with van der Waals surface area (Å²) in [5.41, 5.74) is 3.38. The predicted octanol–water partition coefficient (Wildman–Crippen LogP) is 5.29. The van der Waals surface area contributed by atoms with Gasteiger partial charge in [0.25, 0.3) is 0 Å². The maximum absolute atomic E-state index is 10.2. The van der Waals surface area contributed by atoms with Crippen molar-refractivity contribution in [3.05, 3.63) is 78.4 Å². The van der Waals surface area contributed by atoms with E-state index >= 15 is 0 Å². The van der Waals surface area contributed by atoms with Crippen LogP contribution < -0.4 is 10.1 Å². The molecule has 0 amide bonds. The second-order valence-electron chi connectivity index (χ2n) is 5.43. The van der Waals surface area contributed by atoms with Crippen molar-refractivity contribution in [2.45, 2.75) is 6.92 Å². The summed E-state index contributed by atoms with van der Waals surface area (Å²) in [5, 5.41) is 13.6. The van der Waals surface area contributed by atoms with E-state index in [1.165, 1.54) is 0 Å². The molecule has 0 atom stereocenters. The molecule has 4 heteroatoms.